The van der Waals surface area contributed by atoms with E-state index in [2.05, 4.69) is 23.5 Å². The number of aryl methyl sites for hydroxylation is 2. The molecule has 0 fully saturated rings. The molecule has 1 N–H and O–H groups in total. The van der Waals surface area contributed by atoms with Crippen molar-refractivity contribution in [3.8, 4) is 0 Å². The number of rotatable bonds is 3. The van der Waals surface area contributed by atoms with Crippen molar-refractivity contribution in [3.63, 3.8) is 0 Å². The highest BCUT2D eigenvalue weighted by molar-refractivity contribution is 6.35. The molecule has 1 aliphatic rings. The van der Waals surface area contributed by atoms with Gasteiger partial charge in [-0.2, -0.15) is 0 Å². The fourth-order valence-electron chi connectivity index (χ4n) is 2.60. The Kier molecular flexibility index (Phi) is 3.86. The maximum Gasteiger partial charge on any atom is 0.160 e. The second-order valence-electron chi connectivity index (χ2n) is 5.06. The standard InChI is InChI=1S/C16H14Cl2FN/c17-14-7-13(8-15(18)16(14)19)20-9-10-4-5-11-2-1-3-12(11)6-10/h4-8,20H,1-3,9H2. The Hall–Kier alpha value is -1.25. The zero-order valence-electron chi connectivity index (χ0n) is 10.8. The monoisotopic (exact) mass is 309 g/mol. The number of benzene rings is 2. The smallest absolute Gasteiger partial charge is 0.160 e. The van der Waals surface area contributed by atoms with Crippen molar-refractivity contribution in [1.82, 2.24) is 0 Å². The van der Waals surface area contributed by atoms with Gasteiger partial charge < -0.3 is 5.32 Å². The van der Waals surface area contributed by atoms with Gasteiger partial charge in [0.25, 0.3) is 0 Å². The lowest BCUT2D eigenvalue weighted by molar-refractivity contribution is 0.629. The number of anilines is 1. The first-order valence-corrected chi connectivity index (χ1v) is 7.38. The third-order valence-electron chi connectivity index (χ3n) is 3.64. The third kappa shape index (κ3) is 2.77. The van der Waals surface area contributed by atoms with Gasteiger partial charge in [0.15, 0.2) is 5.82 Å². The predicted molar refractivity (Wildman–Crippen MR) is 82.2 cm³/mol. The predicted octanol–water partition coefficient (Wildman–Crippen LogP) is 5.23. The van der Waals surface area contributed by atoms with Crippen LogP contribution in [0.1, 0.15) is 23.1 Å². The van der Waals surface area contributed by atoms with Gasteiger partial charge in [-0.1, -0.05) is 41.4 Å². The minimum Gasteiger partial charge on any atom is -0.381 e. The lowest BCUT2D eigenvalue weighted by atomic mass is 10.1. The van der Waals surface area contributed by atoms with Crippen LogP contribution in [0.5, 0.6) is 0 Å². The topological polar surface area (TPSA) is 12.0 Å². The molecule has 0 aromatic heterocycles. The van der Waals surface area contributed by atoms with Crippen LogP contribution in [0.15, 0.2) is 30.3 Å². The highest BCUT2D eigenvalue weighted by Gasteiger charge is 2.11. The van der Waals surface area contributed by atoms with Crippen LogP contribution in [0.2, 0.25) is 10.0 Å². The average Bonchev–Trinajstić information content (AvgIpc) is 2.89. The molecular formula is C16H14Cl2FN. The van der Waals surface area contributed by atoms with Crippen LogP contribution in [-0.4, -0.2) is 0 Å². The number of hydrogen-bond acceptors (Lipinski definition) is 1. The lowest BCUT2D eigenvalue weighted by Crippen LogP contribution is -2.00. The van der Waals surface area contributed by atoms with Crippen molar-refractivity contribution in [1.29, 1.82) is 0 Å². The van der Waals surface area contributed by atoms with Crippen LogP contribution >= 0.6 is 23.2 Å². The molecule has 0 radical (unpaired) electrons. The highest BCUT2D eigenvalue weighted by Crippen LogP contribution is 2.28. The van der Waals surface area contributed by atoms with Crippen LogP contribution in [0.25, 0.3) is 0 Å². The molecule has 2 aromatic rings. The van der Waals surface area contributed by atoms with Crippen LogP contribution in [0, 0.1) is 5.82 Å². The summed E-state index contributed by atoms with van der Waals surface area (Å²) in [5, 5.41) is 3.30. The summed E-state index contributed by atoms with van der Waals surface area (Å²) >= 11 is 11.6. The Labute approximate surface area is 127 Å². The van der Waals surface area contributed by atoms with Crippen molar-refractivity contribution in [2.24, 2.45) is 0 Å². The summed E-state index contributed by atoms with van der Waals surface area (Å²) in [6, 6.07) is 9.67. The molecule has 1 aliphatic carbocycles. The number of halogens is 3. The molecule has 2 aromatic carbocycles. The van der Waals surface area contributed by atoms with E-state index in [1.165, 1.54) is 29.5 Å². The number of nitrogens with one attached hydrogen (secondary N) is 1. The first-order valence-electron chi connectivity index (χ1n) is 6.62. The van der Waals surface area contributed by atoms with Crippen LogP contribution in [-0.2, 0) is 19.4 Å². The first kappa shape index (κ1) is 13.7. The van der Waals surface area contributed by atoms with Crippen molar-refractivity contribution in [3.05, 3.63) is 62.9 Å². The highest BCUT2D eigenvalue weighted by atomic mass is 35.5. The molecule has 3 rings (SSSR count). The first-order chi connectivity index (χ1) is 9.63. The zero-order valence-corrected chi connectivity index (χ0v) is 12.4. The summed E-state index contributed by atoms with van der Waals surface area (Å²) in [4.78, 5) is 0. The van der Waals surface area contributed by atoms with Gasteiger partial charge in [-0.15, -0.1) is 0 Å². The van der Waals surface area contributed by atoms with E-state index in [0.717, 1.165) is 12.1 Å². The van der Waals surface area contributed by atoms with Crippen molar-refractivity contribution in [2.45, 2.75) is 25.8 Å². The molecule has 0 heterocycles. The van der Waals surface area contributed by atoms with Gasteiger partial charge in [-0.25, -0.2) is 4.39 Å². The molecule has 1 nitrogen and oxygen atoms in total. The SMILES string of the molecule is Fc1c(Cl)cc(NCc2ccc3c(c2)CCC3)cc1Cl. The zero-order chi connectivity index (χ0) is 14.1. The average molecular weight is 310 g/mol. The molecule has 0 saturated heterocycles. The largest absolute Gasteiger partial charge is 0.381 e. The molecule has 0 spiro atoms. The summed E-state index contributed by atoms with van der Waals surface area (Å²) in [6.45, 7) is 0.672. The molecule has 4 heteroatoms. The maximum atomic E-state index is 13.3. The van der Waals surface area contributed by atoms with Crippen molar-refractivity contribution in [2.75, 3.05) is 5.32 Å². The normalized spacial score (nSPS) is 13.3. The molecule has 0 saturated carbocycles. The summed E-state index contributed by atoms with van der Waals surface area (Å²) in [5.74, 6) is -0.573. The molecule has 0 unspecified atom stereocenters. The van der Waals surface area contributed by atoms with E-state index in [4.69, 9.17) is 23.2 Å². The van der Waals surface area contributed by atoms with Gasteiger partial charge in [0, 0.05) is 12.2 Å². The van der Waals surface area contributed by atoms with E-state index in [1.807, 2.05) is 0 Å². The van der Waals surface area contributed by atoms with Gasteiger partial charge >= 0.3 is 0 Å². The van der Waals surface area contributed by atoms with Crippen molar-refractivity contribution < 1.29 is 4.39 Å². The van der Waals surface area contributed by atoms with Gasteiger partial charge in [0.1, 0.15) is 0 Å². The van der Waals surface area contributed by atoms with E-state index < -0.39 is 5.82 Å². The third-order valence-corrected chi connectivity index (χ3v) is 4.19. The summed E-state index contributed by atoms with van der Waals surface area (Å²) < 4.78 is 13.3. The summed E-state index contributed by atoms with van der Waals surface area (Å²) in [5.41, 5.74) is 4.84. The Bertz CT molecular complexity index is 632. The van der Waals surface area contributed by atoms with Crippen LogP contribution in [0.3, 0.4) is 0 Å². The lowest BCUT2D eigenvalue weighted by Gasteiger charge is -2.10. The van der Waals surface area contributed by atoms with E-state index in [1.54, 1.807) is 12.1 Å². The molecule has 0 bridgehead atoms. The maximum absolute atomic E-state index is 13.3. The Balaban J connectivity index is 1.73. The van der Waals surface area contributed by atoms with Gasteiger partial charge in [0.05, 0.1) is 10.0 Å². The fourth-order valence-corrected chi connectivity index (χ4v) is 3.08. The molecule has 0 aliphatic heterocycles. The van der Waals surface area contributed by atoms with E-state index >= 15 is 0 Å². The summed E-state index contributed by atoms with van der Waals surface area (Å²) in [7, 11) is 0. The minimum absolute atomic E-state index is 0.0361. The minimum atomic E-state index is -0.573. The van der Waals surface area contributed by atoms with Crippen LogP contribution < -0.4 is 5.32 Å². The molecular weight excluding hydrogens is 296 g/mol. The molecule has 0 atom stereocenters. The molecule has 20 heavy (non-hydrogen) atoms. The summed E-state index contributed by atoms with van der Waals surface area (Å²) in [6.07, 6.45) is 3.60. The second kappa shape index (κ2) is 5.63. The van der Waals surface area contributed by atoms with E-state index in [0.29, 0.717) is 6.54 Å². The van der Waals surface area contributed by atoms with E-state index in [9.17, 15) is 4.39 Å². The van der Waals surface area contributed by atoms with Gasteiger partial charge in [-0.05, 0) is 48.1 Å². The van der Waals surface area contributed by atoms with E-state index in [-0.39, 0.29) is 10.0 Å². The quantitative estimate of drug-likeness (QED) is 0.765. The van der Waals surface area contributed by atoms with Gasteiger partial charge in [-0.3, -0.25) is 0 Å². The number of hydrogen-bond donors (Lipinski definition) is 1. The van der Waals surface area contributed by atoms with Crippen molar-refractivity contribution >= 4 is 28.9 Å². The Morgan fingerprint density at radius 2 is 1.70 bits per heavy atom. The van der Waals surface area contributed by atoms with Crippen LogP contribution in [0.4, 0.5) is 10.1 Å². The second-order valence-corrected chi connectivity index (χ2v) is 5.88. The molecule has 0 amide bonds. The Morgan fingerprint density at radius 1 is 1.00 bits per heavy atom. The Morgan fingerprint density at radius 3 is 2.45 bits per heavy atom. The fraction of sp³-hybridized carbons (Fsp3) is 0.250. The van der Waals surface area contributed by atoms with Gasteiger partial charge in [0.2, 0.25) is 0 Å². The number of fused-ring (bicyclic) bond motifs is 1. The molecule has 104 valence electrons.